The van der Waals surface area contributed by atoms with Gasteiger partial charge >= 0.3 is 0 Å². The highest BCUT2D eigenvalue weighted by molar-refractivity contribution is 14.1. The fourth-order valence-electron chi connectivity index (χ4n) is 2.39. The van der Waals surface area contributed by atoms with Crippen LogP contribution >= 0.6 is 22.6 Å². The Kier molecular flexibility index (Phi) is 7.21. The fourth-order valence-corrected chi connectivity index (χ4v) is 3.21. The zero-order chi connectivity index (χ0) is 17.5. The van der Waals surface area contributed by atoms with Gasteiger partial charge in [0, 0.05) is 12.2 Å². The molecule has 0 spiro atoms. The third-order valence-corrected chi connectivity index (χ3v) is 4.62. The second-order valence-electron chi connectivity index (χ2n) is 5.84. The lowest BCUT2D eigenvalue weighted by molar-refractivity contribution is 0.275. The summed E-state index contributed by atoms with van der Waals surface area (Å²) in [6.45, 7) is 10.5. The summed E-state index contributed by atoms with van der Waals surface area (Å²) in [4.78, 5) is 0. The maximum atomic E-state index is 5.86. The molecule has 4 heteroatoms. The van der Waals surface area contributed by atoms with E-state index >= 15 is 0 Å². The largest absolute Gasteiger partial charge is 0.490 e. The van der Waals surface area contributed by atoms with E-state index in [4.69, 9.17) is 9.47 Å². The van der Waals surface area contributed by atoms with E-state index in [-0.39, 0.29) is 0 Å². The summed E-state index contributed by atoms with van der Waals surface area (Å²) >= 11 is 2.32. The van der Waals surface area contributed by atoms with Crippen LogP contribution < -0.4 is 14.8 Å². The molecule has 3 nitrogen and oxygen atoms in total. The Hall–Kier alpha value is -1.43. The van der Waals surface area contributed by atoms with E-state index in [0.29, 0.717) is 13.2 Å². The molecule has 0 aliphatic heterocycles. The van der Waals surface area contributed by atoms with Gasteiger partial charge in [0.15, 0.2) is 11.5 Å². The molecule has 0 saturated carbocycles. The van der Waals surface area contributed by atoms with Crippen molar-refractivity contribution >= 4 is 28.3 Å². The maximum Gasteiger partial charge on any atom is 0.174 e. The van der Waals surface area contributed by atoms with Crippen molar-refractivity contribution in [2.45, 2.75) is 40.7 Å². The molecule has 0 radical (unpaired) electrons. The molecular weight excluding hydrogens is 413 g/mol. The van der Waals surface area contributed by atoms with Crippen LogP contribution in [0, 0.1) is 17.4 Å². The molecule has 2 aromatic rings. The quantitative estimate of drug-likeness (QED) is 0.535. The lowest BCUT2D eigenvalue weighted by atomic mass is 10.1. The van der Waals surface area contributed by atoms with Gasteiger partial charge in [0.05, 0.1) is 16.8 Å². The van der Waals surface area contributed by atoms with E-state index < -0.39 is 0 Å². The zero-order valence-electron chi connectivity index (χ0n) is 14.9. The standard InChI is InChI=1S/C20H26INO2/c1-5-9-24-20-18(21)11-16(12-19(20)23-6-2)13-22-17-8-7-14(3)15(4)10-17/h7-8,10-12,22H,5-6,9,13H2,1-4H3. The second kappa shape index (κ2) is 9.16. The number of halogens is 1. The van der Waals surface area contributed by atoms with Crippen molar-refractivity contribution in [3.63, 3.8) is 0 Å². The molecule has 0 unspecified atom stereocenters. The van der Waals surface area contributed by atoms with E-state index in [1.807, 2.05) is 6.92 Å². The maximum absolute atomic E-state index is 5.86. The van der Waals surface area contributed by atoms with Crippen LogP contribution in [-0.2, 0) is 6.54 Å². The Labute approximate surface area is 158 Å². The monoisotopic (exact) mass is 439 g/mol. The van der Waals surface area contributed by atoms with Gasteiger partial charge in [0.1, 0.15) is 0 Å². The van der Waals surface area contributed by atoms with Crippen molar-refractivity contribution in [2.24, 2.45) is 0 Å². The van der Waals surface area contributed by atoms with Crippen molar-refractivity contribution < 1.29 is 9.47 Å². The second-order valence-corrected chi connectivity index (χ2v) is 7.00. The van der Waals surface area contributed by atoms with Gasteiger partial charge in [-0.25, -0.2) is 0 Å². The first-order valence-corrected chi connectivity index (χ1v) is 9.52. The van der Waals surface area contributed by atoms with Crippen LogP contribution in [0.25, 0.3) is 0 Å². The van der Waals surface area contributed by atoms with E-state index in [1.165, 1.54) is 16.7 Å². The molecule has 2 aromatic carbocycles. The van der Waals surface area contributed by atoms with Crippen LogP contribution in [0.15, 0.2) is 30.3 Å². The Morgan fingerprint density at radius 2 is 1.79 bits per heavy atom. The molecule has 0 aromatic heterocycles. The molecule has 130 valence electrons. The highest BCUT2D eigenvalue weighted by Crippen LogP contribution is 2.34. The summed E-state index contributed by atoms with van der Waals surface area (Å²) in [5.41, 5.74) is 4.93. The van der Waals surface area contributed by atoms with Gasteiger partial charge in [0.2, 0.25) is 0 Å². The molecule has 1 N–H and O–H groups in total. The van der Waals surface area contributed by atoms with Crippen molar-refractivity contribution in [1.82, 2.24) is 0 Å². The van der Waals surface area contributed by atoms with Crippen LogP contribution in [0.5, 0.6) is 11.5 Å². The molecule has 0 aliphatic carbocycles. The molecular formula is C20H26INO2. The number of benzene rings is 2. The van der Waals surface area contributed by atoms with Crippen molar-refractivity contribution in [2.75, 3.05) is 18.5 Å². The summed E-state index contributed by atoms with van der Waals surface area (Å²) in [5.74, 6) is 1.68. The third-order valence-electron chi connectivity index (χ3n) is 3.82. The summed E-state index contributed by atoms with van der Waals surface area (Å²) in [5, 5.41) is 3.49. The average molecular weight is 439 g/mol. The highest BCUT2D eigenvalue weighted by atomic mass is 127. The summed E-state index contributed by atoms with van der Waals surface area (Å²) < 4.78 is 12.7. The average Bonchev–Trinajstić information content (AvgIpc) is 2.55. The van der Waals surface area contributed by atoms with Crippen LogP contribution in [0.4, 0.5) is 5.69 Å². The van der Waals surface area contributed by atoms with E-state index in [9.17, 15) is 0 Å². The van der Waals surface area contributed by atoms with Crippen molar-refractivity contribution in [3.8, 4) is 11.5 Å². The molecule has 0 atom stereocenters. The van der Waals surface area contributed by atoms with Crippen molar-refractivity contribution in [1.29, 1.82) is 0 Å². The van der Waals surface area contributed by atoms with E-state index in [0.717, 1.165) is 33.7 Å². The zero-order valence-corrected chi connectivity index (χ0v) is 17.1. The molecule has 0 amide bonds. The molecule has 0 heterocycles. The lowest BCUT2D eigenvalue weighted by Crippen LogP contribution is -2.05. The lowest BCUT2D eigenvalue weighted by Gasteiger charge is -2.16. The number of aryl methyl sites for hydroxylation is 2. The van der Waals surface area contributed by atoms with Gasteiger partial charge in [-0.05, 0) is 90.7 Å². The summed E-state index contributed by atoms with van der Waals surface area (Å²) in [6.07, 6.45) is 0.984. The minimum absolute atomic E-state index is 0.632. The topological polar surface area (TPSA) is 30.5 Å². The molecule has 0 fully saturated rings. The van der Waals surface area contributed by atoms with Gasteiger partial charge < -0.3 is 14.8 Å². The predicted molar refractivity (Wildman–Crippen MR) is 109 cm³/mol. The molecule has 24 heavy (non-hydrogen) atoms. The third kappa shape index (κ3) is 5.03. The molecule has 0 aliphatic rings. The van der Waals surface area contributed by atoms with Crippen LogP contribution in [0.2, 0.25) is 0 Å². The molecule has 0 saturated heterocycles. The van der Waals surface area contributed by atoms with Crippen molar-refractivity contribution in [3.05, 3.63) is 50.6 Å². The Morgan fingerprint density at radius 3 is 2.46 bits per heavy atom. The van der Waals surface area contributed by atoms with Crippen LogP contribution in [0.3, 0.4) is 0 Å². The normalized spacial score (nSPS) is 10.5. The number of nitrogens with one attached hydrogen (secondary N) is 1. The SMILES string of the molecule is CCCOc1c(I)cc(CNc2ccc(C)c(C)c2)cc1OCC. The first kappa shape index (κ1) is 18.9. The highest BCUT2D eigenvalue weighted by Gasteiger charge is 2.12. The first-order valence-electron chi connectivity index (χ1n) is 8.44. The number of hydrogen-bond donors (Lipinski definition) is 1. The predicted octanol–water partition coefficient (Wildman–Crippen LogP) is 5.71. The minimum atomic E-state index is 0.632. The van der Waals surface area contributed by atoms with E-state index in [2.05, 4.69) is 79.0 Å². The molecule has 2 rings (SSSR count). The van der Waals surface area contributed by atoms with Gasteiger partial charge in [-0.1, -0.05) is 13.0 Å². The Balaban J connectivity index is 2.16. The molecule has 0 bridgehead atoms. The minimum Gasteiger partial charge on any atom is -0.490 e. The van der Waals surface area contributed by atoms with Gasteiger partial charge in [-0.2, -0.15) is 0 Å². The number of hydrogen-bond acceptors (Lipinski definition) is 3. The van der Waals surface area contributed by atoms with E-state index in [1.54, 1.807) is 0 Å². The number of ether oxygens (including phenoxy) is 2. The first-order chi connectivity index (χ1) is 11.5. The Morgan fingerprint density at radius 1 is 1.00 bits per heavy atom. The van der Waals surface area contributed by atoms with Gasteiger partial charge in [0.25, 0.3) is 0 Å². The summed E-state index contributed by atoms with van der Waals surface area (Å²) in [7, 11) is 0. The van der Waals surface area contributed by atoms with Crippen LogP contribution in [-0.4, -0.2) is 13.2 Å². The Bertz CT molecular complexity index is 686. The van der Waals surface area contributed by atoms with Gasteiger partial charge in [-0.3, -0.25) is 0 Å². The smallest absolute Gasteiger partial charge is 0.174 e. The van der Waals surface area contributed by atoms with Gasteiger partial charge in [-0.15, -0.1) is 0 Å². The number of rotatable bonds is 8. The fraction of sp³-hybridized carbons (Fsp3) is 0.400. The van der Waals surface area contributed by atoms with Crippen LogP contribution in [0.1, 0.15) is 37.0 Å². The summed E-state index contributed by atoms with van der Waals surface area (Å²) in [6, 6.07) is 10.7. The number of anilines is 1.